The fourth-order valence-electron chi connectivity index (χ4n) is 1.23. The van der Waals surface area contributed by atoms with Crippen molar-refractivity contribution in [2.45, 2.75) is 33.2 Å². The zero-order valence-electron chi connectivity index (χ0n) is 9.95. The molecule has 88 valence electrons. The molecule has 0 radical (unpaired) electrons. The van der Waals surface area contributed by atoms with E-state index in [1.807, 2.05) is 26.8 Å². The van der Waals surface area contributed by atoms with E-state index < -0.39 is 0 Å². The third-order valence-corrected chi connectivity index (χ3v) is 1.97. The lowest BCUT2D eigenvalue weighted by Gasteiger charge is -2.09. The molecule has 1 amide bonds. The highest BCUT2D eigenvalue weighted by Crippen LogP contribution is 2.03. The summed E-state index contributed by atoms with van der Waals surface area (Å²) >= 11 is 0. The van der Waals surface area contributed by atoms with E-state index in [2.05, 4.69) is 20.6 Å². The normalized spacial score (nSPS) is 10.2. The number of carbonyl (C=O) groups excluding carboxylic acids is 1. The van der Waals surface area contributed by atoms with Gasteiger partial charge in [-0.25, -0.2) is 9.97 Å². The smallest absolute Gasteiger partial charge is 0.239 e. The highest BCUT2D eigenvalue weighted by atomic mass is 16.1. The molecule has 0 saturated carbocycles. The second-order valence-electron chi connectivity index (χ2n) is 3.82. The van der Waals surface area contributed by atoms with Crippen LogP contribution in [-0.4, -0.2) is 28.5 Å². The molecule has 2 N–H and O–H groups in total. The summed E-state index contributed by atoms with van der Waals surface area (Å²) in [6.07, 6.45) is 2.36. The molecule has 5 nitrogen and oxygen atoms in total. The first-order chi connectivity index (χ1) is 7.61. The average molecular weight is 222 g/mol. The fourth-order valence-corrected chi connectivity index (χ4v) is 1.23. The number of hydrogen-bond donors (Lipinski definition) is 2. The zero-order chi connectivity index (χ0) is 12.0. The molecule has 0 aliphatic heterocycles. The summed E-state index contributed by atoms with van der Waals surface area (Å²) in [5.41, 5.74) is 0.960. The number of amides is 1. The summed E-state index contributed by atoms with van der Waals surface area (Å²) in [7, 11) is 0. The number of nitrogens with zero attached hydrogens (tertiary/aromatic N) is 2. The Morgan fingerprint density at radius 2 is 2.19 bits per heavy atom. The molecule has 1 aromatic heterocycles. The maximum atomic E-state index is 11.4. The van der Waals surface area contributed by atoms with Crippen LogP contribution in [0.15, 0.2) is 12.4 Å². The van der Waals surface area contributed by atoms with E-state index >= 15 is 0 Å². The van der Waals surface area contributed by atoms with Crippen molar-refractivity contribution in [1.82, 2.24) is 15.3 Å². The van der Waals surface area contributed by atoms with Crippen LogP contribution in [0.3, 0.4) is 0 Å². The summed E-state index contributed by atoms with van der Waals surface area (Å²) in [5, 5.41) is 5.76. The van der Waals surface area contributed by atoms with E-state index in [9.17, 15) is 4.79 Å². The van der Waals surface area contributed by atoms with Crippen LogP contribution < -0.4 is 10.6 Å². The Balaban J connectivity index is 2.45. The number of anilines is 1. The standard InChI is InChI=1S/C11H18N4O/c1-4-9-5-10(14-7-13-9)12-6-11(16)15-8(2)3/h5,7-8H,4,6H2,1-3H3,(H,15,16)(H,12,13,14). The average Bonchev–Trinajstić information content (AvgIpc) is 2.26. The van der Waals surface area contributed by atoms with Gasteiger partial charge in [-0.3, -0.25) is 4.79 Å². The van der Waals surface area contributed by atoms with Gasteiger partial charge in [0, 0.05) is 17.8 Å². The maximum Gasteiger partial charge on any atom is 0.239 e. The van der Waals surface area contributed by atoms with Crippen LogP contribution in [0.25, 0.3) is 0 Å². The molecule has 1 rings (SSSR count). The molecule has 0 saturated heterocycles. The first-order valence-electron chi connectivity index (χ1n) is 5.46. The van der Waals surface area contributed by atoms with E-state index in [0.29, 0.717) is 5.82 Å². The molecule has 1 heterocycles. The van der Waals surface area contributed by atoms with Gasteiger partial charge in [-0.2, -0.15) is 0 Å². The van der Waals surface area contributed by atoms with Crippen molar-refractivity contribution in [3.63, 3.8) is 0 Å². The van der Waals surface area contributed by atoms with Gasteiger partial charge in [-0.05, 0) is 20.3 Å². The van der Waals surface area contributed by atoms with Crippen molar-refractivity contribution in [1.29, 1.82) is 0 Å². The molecule has 0 spiro atoms. The number of aromatic nitrogens is 2. The minimum Gasteiger partial charge on any atom is -0.361 e. The van der Waals surface area contributed by atoms with Gasteiger partial charge in [0.1, 0.15) is 12.1 Å². The number of hydrogen-bond acceptors (Lipinski definition) is 4. The lowest BCUT2D eigenvalue weighted by Crippen LogP contribution is -2.34. The van der Waals surface area contributed by atoms with Gasteiger partial charge in [0.05, 0.1) is 6.54 Å². The SMILES string of the molecule is CCc1cc(NCC(=O)NC(C)C)ncn1. The molecule has 0 aliphatic carbocycles. The minimum absolute atomic E-state index is 0.0355. The van der Waals surface area contributed by atoms with Crippen LogP contribution in [0.4, 0.5) is 5.82 Å². The van der Waals surface area contributed by atoms with Gasteiger partial charge in [-0.15, -0.1) is 0 Å². The van der Waals surface area contributed by atoms with Gasteiger partial charge >= 0.3 is 0 Å². The van der Waals surface area contributed by atoms with Gasteiger partial charge < -0.3 is 10.6 Å². The summed E-state index contributed by atoms with van der Waals surface area (Å²) in [4.78, 5) is 19.5. The van der Waals surface area contributed by atoms with E-state index in [1.54, 1.807) is 0 Å². The Labute approximate surface area is 95.7 Å². The van der Waals surface area contributed by atoms with E-state index in [0.717, 1.165) is 12.1 Å². The van der Waals surface area contributed by atoms with Crippen molar-refractivity contribution in [3.8, 4) is 0 Å². The number of rotatable bonds is 5. The van der Waals surface area contributed by atoms with Crippen LogP contribution in [0.1, 0.15) is 26.5 Å². The summed E-state index contributed by atoms with van der Waals surface area (Å²) in [6.45, 7) is 6.12. The molecule has 0 atom stereocenters. The highest BCUT2D eigenvalue weighted by molar-refractivity contribution is 5.80. The third-order valence-electron chi connectivity index (χ3n) is 1.97. The number of nitrogens with one attached hydrogen (secondary N) is 2. The Morgan fingerprint density at radius 1 is 1.44 bits per heavy atom. The Morgan fingerprint density at radius 3 is 2.81 bits per heavy atom. The van der Waals surface area contributed by atoms with E-state index in [4.69, 9.17) is 0 Å². The van der Waals surface area contributed by atoms with Crippen LogP contribution in [-0.2, 0) is 11.2 Å². The minimum atomic E-state index is -0.0355. The van der Waals surface area contributed by atoms with Crippen molar-refractivity contribution in [2.24, 2.45) is 0 Å². The summed E-state index contributed by atoms with van der Waals surface area (Å²) in [6, 6.07) is 2.01. The van der Waals surface area contributed by atoms with Gasteiger partial charge in [-0.1, -0.05) is 6.92 Å². The molecule has 16 heavy (non-hydrogen) atoms. The molecule has 0 fully saturated rings. The molecule has 1 aromatic rings. The van der Waals surface area contributed by atoms with Gasteiger partial charge in [0.15, 0.2) is 0 Å². The second kappa shape index (κ2) is 6.05. The van der Waals surface area contributed by atoms with Crippen LogP contribution in [0, 0.1) is 0 Å². The fraction of sp³-hybridized carbons (Fsp3) is 0.545. The Bertz CT molecular complexity index is 352. The van der Waals surface area contributed by atoms with Crippen LogP contribution in [0.5, 0.6) is 0 Å². The van der Waals surface area contributed by atoms with E-state index in [-0.39, 0.29) is 18.5 Å². The zero-order valence-corrected chi connectivity index (χ0v) is 9.95. The second-order valence-corrected chi connectivity index (χ2v) is 3.82. The predicted octanol–water partition coefficient (Wildman–Crippen LogP) is 0.975. The number of carbonyl (C=O) groups is 1. The highest BCUT2D eigenvalue weighted by Gasteiger charge is 2.03. The number of aryl methyl sites for hydroxylation is 1. The topological polar surface area (TPSA) is 66.9 Å². The maximum absolute atomic E-state index is 11.4. The van der Waals surface area contributed by atoms with Gasteiger partial charge in [0.2, 0.25) is 5.91 Å². The summed E-state index contributed by atoms with van der Waals surface area (Å²) in [5.74, 6) is 0.650. The third kappa shape index (κ3) is 4.25. The van der Waals surface area contributed by atoms with E-state index in [1.165, 1.54) is 6.33 Å². The Hall–Kier alpha value is -1.65. The molecule has 0 bridgehead atoms. The first kappa shape index (κ1) is 12.4. The van der Waals surface area contributed by atoms with Crippen molar-refractivity contribution in [2.75, 3.05) is 11.9 Å². The summed E-state index contributed by atoms with van der Waals surface area (Å²) < 4.78 is 0. The lowest BCUT2D eigenvalue weighted by molar-refractivity contribution is -0.119. The van der Waals surface area contributed by atoms with Crippen LogP contribution in [0.2, 0.25) is 0 Å². The largest absolute Gasteiger partial charge is 0.361 e. The molecular weight excluding hydrogens is 204 g/mol. The molecule has 0 unspecified atom stereocenters. The van der Waals surface area contributed by atoms with Crippen LogP contribution >= 0.6 is 0 Å². The van der Waals surface area contributed by atoms with Crippen molar-refractivity contribution < 1.29 is 4.79 Å². The molecular formula is C11H18N4O. The molecule has 0 aliphatic rings. The Kier molecular flexibility index (Phi) is 4.69. The molecule has 0 aromatic carbocycles. The van der Waals surface area contributed by atoms with Gasteiger partial charge in [0.25, 0.3) is 0 Å². The predicted molar refractivity (Wildman–Crippen MR) is 63.2 cm³/mol. The van der Waals surface area contributed by atoms with Crippen molar-refractivity contribution >= 4 is 11.7 Å². The lowest BCUT2D eigenvalue weighted by atomic mass is 10.3. The monoisotopic (exact) mass is 222 g/mol. The molecule has 5 heteroatoms. The van der Waals surface area contributed by atoms with Crippen molar-refractivity contribution in [3.05, 3.63) is 18.1 Å². The quantitative estimate of drug-likeness (QED) is 0.779. The first-order valence-corrected chi connectivity index (χ1v) is 5.46.